The van der Waals surface area contributed by atoms with E-state index in [0.29, 0.717) is 22.4 Å². The first-order chi connectivity index (χ1) is 17.8. The number of hydrogen-bond donors (Lipinski definition) is 2. The third-order valence-corrected chi connectivity index (χ3v) is 8.99. The Morgan fingerprint density at radius 3 is 2.57 bits per heavy atom. The fraction of sp³-hybridized carbons (Fsp3) is 0.533. The highest BCUT2D eigenvalue weighted by atomic mass is 35.5. The van der Waals surface area contributed by atoms with E-state index in [2.05, 4.69) is 22.5 Å². The van der Waals surface area contributed by atoms with Crippen molar-refractivity contribution in [1.82, 2.24) is 10.2 Å². The van der Waals surface area contributed by atoms with Gasteiger partial charge in [0.2, 0.25) is 11.8 Å². The Kier molecular flexibility index (Phi) is 8.13. The molecule has 2 fully saturated rings. The van der Waals surface area contributed by atoms with Gasteiger partial charge in [0.15, 0.2) is 0 Å². The van der Waals surface area contributed by atoms with Crippen molar-refractivity contribution in [2.45, 2.75) is 88.8 Å². The summed E-state index contributed by atoms with van der Waals surface area (Å²) in [6, 6.07) is 13.7. The van der Waals surface area contributed by atoms with Gasteiger partial charge in [-0.25, -0.2) is 0 Å². The van der Waals surface area contributed by atoms with Crippen molar-refractivity contribution in [2.75, 3.05) is 11.9 Å². The van der Waals surface area contributed by atoms with Crippen LogP contribution in [0.1, 0.15) is 75.8 Å². The molecule has 2 aromatic carbocycles. The second kappa shape index (κ2) is 11.3. The largest absolute Gasteiger partial charge is 0.352 e. The summed E-state index contributed by atoms with van der Waals surface area (Å²) in [7, 11) is 0. The van der Waals surface area contributed by atoms with Crippen LogP contribution in [0.2, 0.25) is 10.0 Å². The summed E-state index contributed by atoms with van der Waals surface area (Å²) in [6.07, 6.45) is 10.2. The minimum atomic E-state index is -1.03. The third kappa shape index (κ3) is 5.69. The van der Waals surface area contributed by atoms with Crippen molar-refractivity contribution in [1.29, 1.82) is 0 Å². The highest BCUT2D eigenvalue weighted by Gasteiger charge is 2.54. The highest BCUT2D eigenvalue weighted by Crippen LogP contribution is 2.47. The Morgan fingerprint density at radius 1 is 1.03 bits per heavy atom. The number of carbonyl (C=O) groups is 2. The molecule has 5 rings (SSSR count). The van der Waals surface area contributed by atoms with E-state index in [4.69, 9.17) is 23.2 Å². The van der Waals surface area contributed by atoms with Crippen LogP contribution < -0.4 is 10.6 Å². The van der Waals surface area contributed by atoms with Crippen LogP contribution in [0.3, 0.4) is 0 Å². The third-order valence-electron chi connectivity index (χ3n) is 8.52. The number of carbonyl (C=O) groups excluding carboxylic acids is 2. The molecule has 3 unspecified atom stereocenters. The lowest BCUT2D eigenvalue weighted by molar-refractivity contribution is -0.135. The number of anilines is 1. The summed E-state index contributed by atoms with van der Waals surface area (Å²) >= 11 is 12.7. The molecule has 198 valence electrons. The average molecular weight is 543 g/mol. The summed E-state index contributed by atoms with van der Waals surface area (Å²) in [5, 5.41) is 7.64. The minimum Gasteiger partial charge on any atom is -0.352 e. The van der Waals surface area contributed by atoms with E-state index in [-0.39, 0.29) is 30.4 Å². The average Bonchev–Trinajstić information content (AvgIpc) is 3.13. The SMILES string of the molecule is CC1CCCC(N(CC(=O)NC2CCCCC2)C2(Cc3cccc(Cl)c3)C(=O)Nc3cc(Cl)ccc32)C1. The number of rotatable bonds is 7. The Hall–Kier alpha value is -2.08. The Bertz CT molecular complexity index is 1150. The lowest BCUT2D eigenvalue weighted by Crippen LogP contribution is -2.60. The summed E-state index contributed by atoms with van der Waals surface area (Å²) in [5.41, 5.74) is 1.54. The van der Waals surface area contributed by atoms with E-state index in [1.165, 1.54) is 12.8 Å². The molecule has 0 radical (unpaired) electrons. The monoisotopic (exact) mass is 541 g/mol. The van der Waals surface area contributed by atoms with E-state index < -0.39 is 5.54 Å². The number of benzene rings is 2. The quantitative estimate of drug-likeness (QED) is 0.409. The molecule has 2 amide bonds. The zero-order chi connectivity index (χ0) is 26.0. The second-order valence-corrected chi connectivity index (χ2v) is 12.1. The summed E-state index contributed by atoms with van der Waals surface area (Å²) in [4.78, 5) is 29.9. The van der Waals surface area contributed by atoms with Crippen LogP contribution in [0.5, 0.6) is 0 Å². The van der Waals surface area contributed by atoms with Crippen LogP contribution in [0, 0.1) is 5.92 Å². The van der Waals surface area contributed by atoms with E-state index in [0.717, 1.165) is 61.8 Å². The number of hydrogen-bond acceptors (Lipinski definition) is 3. The van der Waals surface area contributed by atoms with Crippen LogP contribution in [0.15, 0.2) is 42.5 Å². The molecular formula is C30H37Cl2N3O2. The topological polar surface area (TPSA) is 61.4 Å². The molecule has 2 aromatic rings. The molecule has 0 aromatic heterocycles. The molecule has 2 aliphatic carbocycles. The van der Waals surface area contributed by atoms with E-state index in [1.54, 1.807) is 0 Å². The molecule has 1 aliphatic heterocycles. The smallest absolute Gasteiger partial charge is 0.249 e. The van der Waals surface area contributed by atoms with Crippen LogP contribution in [0.25, 0.3) is 0 Å². The van der Waals surface area contributed by atoms with E-state index >= 15 is 0 Å². The van der Waals surface area contributed by atoms with Crippen molar-refractivity contribution in [2.24, 2.45) is 5.92 Å². The van der Waals surface area contributed by atoms with Gasteiger partial charge >= 0.3 is 0 Å². The van der Waals surface area contributed by atoms with Gasteiger partial charge in [-0.15, -0.1) is 0 Å². The van der Waals surface area contributed by atoms with E-state index in [9.17, 15) is 9.59 Å². The molecule has 1 heterocycles. The zero-order valence-electron chi connectivity index (χ0n) is 21.6. The van der Waals surface area contributed by atoms with Gasteiger partial charge in [0.05, 0.1) is 6.54 Å². The fourth-order valence-corrected chi connectivity index (χ4v) is 7.15. The Balaban J connectivity index is 1.57. The molecule has 3 aliphatic rings. The molecule has 5 nitrogen and oxygen atoms in total. The maximum atomic E-state index is 14.1. The van der Waals surface area contributed by atoms with Gasteiger partial charge in [-0.05, 0) is 61.4 Å². The molecule has 37 heavy (non-hydrogen) atoms. The summed E-state index contributed by atoms with van der Waals surface area (Å²) in [5.74, 6) is 0.444. The van der Waals surface area contributed by atoms with Gasteiger partial charge in [-0.2, -0.15) is 0 Å². The van der Waals surface area contributed by atoms with Gasteiger partial charge < -0.3 is 10.6 Å². The fourth-order valence-electron chi connectivity index (χ4n) is 6.77. The Labute approximate surface area is 230 Å². The Morgan fingerprint density at radius 2 is 1.81 bits per heavy atom. The first-order valence-electron chi connectivity index (χ1n) is 13.8. The van der Waals surface area contributed by atoms with Crippen molar-refractivity contribution in [3.63, 3.8) is 0 Å². The van der Waals surface area contributed by atoms with Gasteiger partial charge in [-0.1, -0.05) is 80.4 Å². The molecule has 2 saturated carbocycles. The molecular weight excluding hydrogens is 505 g/mol. The molecule has 0 bridgehead atoms. The molecule has 3 atom stereocenters. The normalized spacial score (nSPS) is 26.1. The lowest BCUT2D eigenvalue weighted by atomic mass is 9.78. The van der Waals surface area contributed by atoms with Crippen LogP contribution in [-0.4, -0.2) is 35.3 Å². The van der Waals surface area contributed by atoms with Gasteiger partial charge in [-0.3, -0.25) is 14.5 Å². The number of nitrogens with zero attached hydrogens (tertiary/aromatic N) is 1. The van der Waals surface area contributed by atoms with Crippen LogP contribution in [-0.2, 0) is 21.5 Å². The number of fused-ring (bicyclic) bond motifs is 1. The second-order valence-electron chi connectivity index (χ2n) is 11.3. The zero-order valence-corrected chi connectivity index (χ0v) is 23.1. The summed E-state index contributed by atoms with van der Waals surface area (Å²) < 4.78 is 0. The lowest BCUT2D eigenvalue weighted by Gasteiger charge is -2.46. The first kappa shape index (κ1) is 26.5. The molecule has 2 N–H and O–H groups in total. The van der Waals surface area contributed by atoms with Crippen molar-refractivity contribution in [3.8, 4) is 0 Å². The minimum absolute atomic E-state index is 0.00538. The maximum Gasteiger partial charge on any atom is 0.249 e. The van der Waals surface area contributed by atoms with E-state index in [1.807, 2.05) is 42.5 Å². The molecule has 0 saturated heterocycles. The van der Waals surface area contributed by atoms with Crippen LogP contribution in [0.4, 0.5) is 5.69 Å². The van der Waals surface area contributed by atoms with Gasteiger partial charge in [0, 0.05) is 39.8 Å². The van der Waals surface area contributed by atoms with Crippen LogP contribution >= 0.6 is 23.2 Å². The number of halogens is 2. The van der Waals surface area contributed by atoms with Gasteiger partial charge in [0.1, 0.15) is 5.54 Å². The number of amides is 2. The summed E-state index contributed by atoms with van der Waals surface area (Å²) in [6.45, 7) is 2.46. The van der Waals surface area contributed by atoms with Crippen molar-refractivity contribution < 1.29 is 9.59 Å². The molecule has 7 heteroatoms. The standard InChI is InChI=1S/C30H37Cl2N3O2/c1-20-7-5-12-25(15-20)35(19-28(36)33-24-10-3-2-4-11-24)30(18-21-8-6-9-22(31)16-21)26-14-13-23(32)17-27(26)34-29(30)37/h6,8-9,13-14,16-17,20,24-25H,2-5,7,10-12,15,18-19H2,1H3,(H,33,36)(H,34,37). The predicted molar refractivity (Wildman–Crippen MR) is 150 cm³/mol. The maximum absolute atomic E-state index is 14.1. The van der Waals surface area contributed by atoms with Crippen molar-refractivity contribution >= 4 is 40.7 Å². The first-order valence-corrected chi connectivity index (χ1v) is 14.5. The molecule has 0 spiro atoms. The predicted octanol–water partition coefficient (Wildman–Crippen LogP) is 6.71. The number of nitrogens with one attached hydrogen (secondary N) is 2. The van der Waals surface area contributed by atoms with Crippen molar-refractivity contribution in [3.05, 3.63) is 63.6 Å². The highest BCUT2D eigenvalue weighted by molar-refractivity contribution is 6.31. The van der Waals surface area contributed by atoms with Gasteiger partial charge in [0.25, 0.3) is 0 Å².